The van der Waals surface area contributed by atoms with E-state index in [1.807, 2.05) is 218 Å². The first-order chi connectivity index (χ1) is 60.5. The molecular formula is C96H66F2I13O12S3+3. The predicted molar refractivity (Wildman–Crippen MR) is 604 cm³/mol. The van der Waals surface area contributed by atoms with Gasteiger partial charge in [0.05, 0.1) is 68.4 Å². The fraction of sp³-hybridized carbons (Fsp3) is 0.0625. The molecule has 0 aromatic heterocycles. The summed E-state index contributed by atoms with van der Waals surface area (Å²) in [7, 11) is -1.29. The summed E-state index contributed by atoms with van der Waals surface area (Å²) in [5, 5.41) is 60.9. The van der Waals surface area contributed by atoms with Crippen molar-refractivity contribution < 1.29 is 67.8 Å². The minimum Gasteiger partial charge on any atom is -0.506 e. The molecule has 0 saturated heterocycles. The van der Waals surface area contributed by atoms with E-state index in [-0.39, 0.29) is 47.2 Å². The smallest absolute Gasteiger partial charge is 0.166 e. The van der Waals surface area contributed by atoms with Crippen molar-refractivity contribution in [2.75, 3.05) is 0 Å². The van der Waals surface area contributed by atoms with Gasteiger partial charge in [0.2, 0.25) is 0 Å². The normalized spacial score (nSPS) is 11.1. The average Bonchev–Trinajstić information content (AvgIpc) is 0.806. The standard InChI is InChI=1S/2C32H21FI4O4S.C32H21I5O4S/c33-21-1-7-26(8-2-21)42(27-9-3-24(4-10-27)40-17-19-13-22(34)15-29(36)31(19)38)28-11-5-25(6-12-28)41-18-20-14-23(35)16-30(37)32(20)39;2*33-21-1-7-24(8-2-21)42(25-9-3-22(4-10-25)40-17-19-13-27(34)31(38)28(35)14-19)26-11-5-23(6-12-26)41-18-20-15-29(36)32(39)30(37)16-20/h3*1-16H,17-18H2,(H-,38,39)/p+3. The molecule has 0 fully saturated rings. The Hall–Kier alpha value is -3.70. The van der Waals surface area contributed by atoms with Crippen molar-refractivity contribution in [1.82, 2.24) is 0 Å². The van der Waals surface area contributed by atoms with Crippen LogP contribution in [-0.2, 0) is 72.3 Å². The first-order valence-electron chi connectivity index (χ1n) is 37.4. The number of hydrogen-bond acceptors (Lipinski definition) is 12. The number of aromatic hydroxyl groups is 6. The maximum absolute atomic E-state index is 13.8. The Morgan fingerprint density at radius 2 is 0.357 bits per heavy atom. The van der Waals surface area contributed by atoms with Gasteiger partial charge in [-0.15, -0.1) is 0 Å². The van der Waals surface area contributed by atoms with Crippen LogP contribution in [0.4, 0.5) is 8.78 Å². The third-order valence-electron chi connectivity index (χ3n) is 18.4. The molecule has 12 nitrogen and oxygen atoms in total. The van der Waals surface area contributed by atoms with E-state index < -0.39 is 21.8 Å². The van der Waals surface area contributed by atoms with Crippen molar-refractivity contribution in [1.29, 1.82) is 0 Å². The lowest BCUT2D eigenvalue weighted by atomic mass is 10.2. The predicted octanol–water partition coefficient (Wildman–Crippen LogP) is 30.2. The number of rotatable bonds is 27. The summed E-state index contributed by atoms with van der Waals surface area (Å²) in [6.07, 6.45) is 0. The van der Waals surface area contributed by atoms with Gasteiger partial charge in [-0.2, -0.15) is 0 Å². The SMILES string of the molecule is Oc1c(I)cc(COc2ccc([S+](c3ccc(F)cc3)c3ccc(OCc4cc(I)c(O)c(I)c4)cc3)cc2)cc1I.Oc1c(I)cc(COc2ccc([S+](c3ccc(I)cc3)c3ccc(OCc4cc(I)c(O)c(I)c4)cc3)cc2)cc1I.Oc1c(I)cc(I)cc1COc1ccc([S+](c2ccc(F)cc2)c2ccc(OCc3cc(I)cc(I)c3O)cc2)cc1. The van der Waals surface area contributed by atoms with Gasteiger partial charge in [0, 0.05) is 21.8 Å². The zero-order valence-electron chi connectivity index (χ0n) is 65.0. The van der Waals surface area contributed by atoms with Crippen LogP contribution in [0.2, 0.25) is 0 Å². The lowest BCUT2D eigenvalue weighted by molar-refractivity contribution is 0.298. The monoisotopic (exact) mass is 3190 g/mol. The highest BCUT2D eigenvalue weighted by Gasteiger charge is 2.33. The van der Waals surface area contributed by atoms with E-state index in [4.69, 9.17) is 28.4 Å². The van der Waals surface area contributed by atoms with Crippen LogP contribution in [0.5, 0.6) is 69.0 Å². The Morgan fingerprint density at radius 3 is 0.556 bits per heavy atom. The quantitative estimate of drug-likeness (QED) is 0.0213. The second-order valence-corrected chi connectivity index (χ2v) is 48.7. The van der Waals surface area contributed by atoms with Crippen molar-refractivity contribution in [3.05, 3.63) is 383 Å². The first-order valence-corrected chi connectivity index (χ1v) is 55.1. The summed E-state index contributed by atoms with van der Waals surface area (Å²) in [6.45, 7) is 2.14. The largest absolute Gasteiger partial charge is 0.506 e. The molecule has 0 atom stereocenters. The van der Waals surface area contributed by atoms with Gasteiger partial charge < -0.3 is 59.1 Å². The van der Waals surface area contributed by atoms with E-state index in [0.717, 1.165) is 129 Å². The summed E-state index contributed by atoms with van der Waals surface area (Å²) in [5.74, 6) is 5.58. The molecule has 6 N–H and O–H groups in total. The Labute approximate surface area is 914 Å². The maximum atomic E-state index is 13.8. The summed E-state index contributed by atoms with van der Waals surface area (Å²) in [5.41, 5.74) is 5.46. The van der Waals surface area contributed by atoms with Crippen LogP contribution in [0.3, 0.4) is 0 Å². The topological polar surface area (TPSA) is 177 Å². The minimum absolute atomic E-state index is 0.239. The highest BCUT2D eigenvalue weighted by atomic mass is 127. The molecule has 0 radical (unpaired) electrons. The molecule has 642 valence electrons. The maximum Gasteiger partial charge on any atom is 0.166 e. The van der Waals surface area contributed by atoms with Crippen LogP contribution in [0.1, 0.15) is 33.4 Å². The number of phenolic OH excluding ortho intramolecular Hbond substituents is 6. The fourth-order valence-corrected chi connectivity index (χ4v) is 30.2. The Bertz CT molecular complexity index is 5650. The van der Waals surface area contributed by atoms with Crippen molar-refractivity contribution in [3.63, 3.8) is 0 Å². The van der Waals surface area contributed by atoms with Crippen LogP contribution in [0.15, 0.2) is 335 Å². The number of hydrogen-bond donors (Lipinski definition) is 6. The van der Waals surface area contributed by atoms with Crippen molar-refractivity contribution in [2.45, 2.75) is 83.7 Å². The van der Waals surface area contributed by atoms with Crippen LogP contribution in [0, 0.1) is 58.0 Å². The molecule has 30 heteroatoms. The Balaban J connectivity index is 0.000000162. The molecule has 0 unspecified atom stereocenters. The molecule has 15 aromatic rings. The molecule has 0 heterocycles. The Kier molecular flexibility index (Phi) is 38.0. The average molecular weight is 3200 g/mol. The fourth-order valence-electron chi connectivity index (χ4n) is 12.2. The van der Waals surface area contributed by atoms with Crippen molar-refractivity contribution in [3.8, 4) is 69.0 Å². The van der Waals surface area contributed by atoms with Crippen LogP contribution >= 0.6 is 294 Å². The van der Waals surface area contributed by atoms with Gasteiger partial charge in [-0.3, -0.25) is 0 Å². The highest BCUT2D eigenvalue weighted by Crippen LogP contribution is 2.41. The molecule has 126 heavy (non-hydrogen) atoms. The zero-order valence-corrected chi connectivity index (χ0v) is 95.5. The van der Waals surface area contributed by atoms with E-state index >= 15 is 0 Å². The zero-order chi connectivity index (χ0) is 89.4. The molecular weight excluding hydrogens is 3130 g/mol. The van der Waals surface area contributed by atoms with Gasteiger partial charge in [-0.25, -0.2) is 8.78 Å². The van der Waals surface area contributed by atoms with Crippen LogP contribution in [0.25, 0.3) is 0 Å². The number of ether oxygens (including phenoxy) is 6. The van der Waals surface area contributed by atoms with Gasteiger partial charge in [0.15, 0.2) is 44.1 Å². The first kappa shape index (κ1) is 99.8. The van der Waals surface area contributed by atoms with Gasteiger partial charge in [0.25, 0.3) is 0 Å². The van der Waals surface area contributed by atoms with Gasteiger partial charge in [0.1, 0.15) is 120 Å². The van der Waals surface area contributed by atoms with Gasteiger partial charge >= 0.3 is 0 Å². The molecule has 0 spiro atoms. The molecule has 15 rings (SSSR count). The second kappa shape index (κ2) is 48.0. The summed E-state index contributed by atoms with van der Waals surface area (Å²) < 4.78 is 75.1. The lowest BCUT2D eigenvalue weighted by Crippen LogP contribution is -2.05. The van der Waals surface area contributed by atoms with Gasteiger partial charge in [-0.1, -0.05) is 0 Å². The minimum atomic E-state index is -0.501. The summed E-state index contributed by atoms with van der Waals surface area (Å²) in [6, 6.07) is 93.4. The highest BCUT2D eigenvalue weighted by molar-refractivity contribution is 14.1. The molecule has 0 aliphatic carbocycles. The molecule has 0 bridgehead atoms. The van der Waals surface area contributed by atoms with Gasteiger partial charge in [-0.05, 0) is 607 Å². The van der Waals surface area contributed by atoms with E-state index in [2.05, 4.69) is 342 Å². The van der Waals surface area contributed by atoms with Crippen LogP contribution < -0.4 is 28.4 Å². The van der Waals surface area contributed by atoms with Crippen LogP contribution in [-0.4, -0.2) is 30.6 Å². The Morgan fingerprint density at radius 1 is 0.190 bits per heavy atom. The van der Waals surface area contributed by atoms with Crippen molar-refractivity contribution >= 4 is 326 Å². The number of benzene rings is 15. The molecule has 15 aromatic carbocycles. The second-order valence-electron chi connectivity index (χ2n) is 27.3. The summed E-state index contributed by atoms with van der Waals surface area (Å²) in [4.78, 5) is 9.85. The number of phenols is 6. The molecule has 0 saturated carbocycles. The van der Waals surface area contributed by atoms with E-state index in [1.54, 1.807) is 0 Å². The lowest BCUT2D eigenvalue weighted by Gasteiger charge is -2.12. The molecule has 0 amide bonds. The third-order valence-corrected chi connectivity index (χ3v) is 35.3. The summed E-state index contributed by atoms with van der Waals surface area (Å²) >= 11 is 28.1. The van der Waals surface area contributed by atoms with E-state index in [1.165, 1.54) is 42.5 Å². The molecule has 0 aliphatic heterocycles. The van der Waals surface area contributed by atoms with Crippen molar-refractivity contribution in [2.24, 2.45) is 0 Å². The third kappa shape index (κ3) is 27.8. The number of halogens is 15. The van der Waals surface area contributed by atoms with E-state index in [0.29, 0.717) is 60.9 Å². The van der Waals surface area contributed by atoms with E-state index in [9.17, 15) is 39.4 Å². The molecule has 0 aliphatic rings.